The lowest BCUT2D eigenvalue weighted by molar-refractivity contribution is 0.395. The zero-order valence-electron chi connectivity index (χ0n) is 10.7. The van der Waals surface area contributed by atoms with Crippen molar-refractivity contribution in [1.29, 1.82) is 0 Å². The first-order valence-corrected chi connectivity index (χ1v) is 6.47. The van der Waals surface area contributed by atoms with Crippen molar-refractivity contribution in [2.75, 3.05) is 19.5 Å². The summed E-state index contributed by atoms with van der Waals surface area (Å²) in [5.74, 6) is 1.56. The van der Waals surface area contributed by atoms with E-state index in [4.69, 9.17) is 9.47 Å². The molecule has 0 atom stereocenters. The Balaban J connectivity index is 2.11. The van der Waals surface area contributed by atoms with E-state index in [0.717, 1.165) is 29.4 Å². The van der Waals surface area contributed by atoms with Gasteiger partial charge in [0.05, 0.1) is 37.7 Å². The fourth-order valence-electron chi connectivity index (χ4n) is 1.62. The Bertz CT molecular complexity index is 525. The third-order valence-electron chi connectivity index (χ3n) is 2.69. The molecule has 0 fully saturated rings. The molecule has 4 nitrogen and oxygen atoms in total. The first-order chi connectivity index (χ1) is 8.74. The smallest absolute Gasteiger partial charge is 0.145 e. The number of hydrogen-bond acceptors (Lipinski definition) is 5. The fraction of sp³-hybridized carbons (Fsp3) is 0.308. The molecule has 2 aromatic rings. The molecule has 0 spiro atoms. The summed E-state index contributed by atoms with van der Waals surface area (Å²) in [5, 5.41) is 3.35. The van der Waals surface area contributed by atoms with Crippen molar-refractivity contribution in [1.82, 2.24) is 4.98 Å². The van der Waals surface area contributed by atoms with Gasteiger partial charge in [0.2, 0.25) is 0 Å². The van der Waals surface area contributed by atoms with Crippen LogP contribution in [0.2, 0.25) is 0 Å². The summed E-state index contributed by atoms with van der Waals surface area (Å²) in [7, 11) is 3.29. The average Bonchev–Trinajstić information content (AvgIpc) is 2.81. The highest BCUT2D eigenvalue weighted by Gasteiger charge is 2.06. The molecule has 0 aliphatic carbocycles. The van der Waals surface area contributed by atoms with Gasteiger partial charge in [-0.15, -0.1) is 11.3 Å². The second kappa shape index (κ2) is 5.73. The van der Waals surface area contributed by atoms with Crippen LogP contribution in [0.3, 0.4) is 0 Å². The Kier molecular flexibility index (Phi) is 4.04. The number of thiazole rings is 1. The molecule has 0 bridgehead atoms. The van der Waals surface area contributed by atoms with E-state index >= 15 is 0 Å². The zero-order valence-corrected chi connectivity index (χ0v) is 11.5. The highest BCUT2D eigenvalue weighted by Crippen LogP contribution is 2.29. The second-order valence-electron chi connectivity index (χ2n) is 3.78. The van der Waals surface area contributed by atoms with Gasteiger partial charge in [-0.3, -0.25) is 0 Å². The van der Waals surface area contributed by atoms with Gasteiger partial charge in [0.15, 0.2) is 0 Å². The van der Waals surface area contributed by atoms with Gasteiger partial charge in [-0.1, -0.05) is 0 Å². The summed E-state index contributed by atoms with van der Waals surface area (Å²) in [6.45, 7) is 2.76. The van der Waals surface area contributed by atoms with Crippen molar-refractivity contribution in [3.8, 4) is 11.5 Å². The van der Waals surface area contributed by atoms with E-state index in [1.54, 1.807) is 25.6 Å². The number of ether oxygens (including phenoxy) is 2. The molecule has 2 rings (SSSR count). The molecule has 0 unspecified atom stereocenters. The molecular formula is C13H16N2O2S. The van der Waals surface area contributed by atoms with E-state index < -0.39 is 0 Å². The molecule has 1 aromatic carbocycles. The Labute approximate surface area is 111 Å². The van der Waals surface area contributed by atoms with Crippen LogP contribution >= 0.6 is 11.3 Å². The van der Waals surface area contributed by atoms with Gasteiger partial charge in [-0.2, -0.15) is 0 Å². The molecule has 0 aliphatic rings. The SMILES string of the molecule is COc1ccc(NCc2scnc2C)c(OC)c1. The van der Waals surface area contributed by atoms with Gasteiger partial charge >= 0.3 is 0 Å². The number of methoxy groups -OCH3 is 2. The van der Waals surface area contributed by atoms with E-state index in [-0.39, 0.29) is 0 Å². The maximum absolute atomic E-state index is 5.33. The minimum atomic E-state index is 0.749. The Morgan fingerprint density at radius 3 is 2.72 bits per heavy atom. The van der Waals surface area contributed by atoms with Crippen LogP contribution in [0, 0.1) is 6.92 Å². The van der Waals surface area contributed by atoms with Gasteiger partial charge in [-0.05, 0) is 19.1 Å². The van der Waals surface area contributed by atoms with Crippen LogP contribution in [0.4, 0.5) is 5.69 Å². The van der Waals surface area contributed by atoms with Gasteiger partial charge in [0.25, 0.3) is 0 Å². The van der Waals surface area contributed by atoms with Crippen molar-refractivity contribution >= 4 is 17.0 Å². The topological polar surface area (TPSA) is 43.4 Å². The quantitative estimate of drug-likeness (QED) is 0.901. The van der Waals surface area contributed by atoms with Crippen LogP contribution in [0.5, 0.6) is 11.5 Å². The van der Waals surface area contributed by atoms with Crippen molar-refractivity contribution in [3.05, 3.63) is 34.3 Å². The number of hydrogen-bond donors (Lipinski definition) is 1. The highest BCUT2D eigenvalue weighted by atomic mass is 32.1. The number of aryl methyl sites for hydroxylation is 1. The number of rotatable bonds is 5. The second-order valence-corrected chi connectivity index (χ2v) is 4.72. The third-order valence-corrected chi connectivity index (χ3v) is 3.63. The first-order valence-electron chi connectivity index (χ1n) is 5.59. The van der Waals surface area contributed by atoms with E-state index in [2.05, 4.69) is 10.3 Å². The molecule has 18 heavy (non-hydrogen) atoms. The molecule has 0 saturated heterocycles. The highest BCUT2D eigenvalue weighted by molar-refractivity contribution is 7.09. The van der Waals surface area contributed by atoms with Gasteiger partial charge in [0.1, 0.15) is 11.5 Å². The summed E-state index contributed by atoms with van der Waals surface area (Å²) >= 11 is 1.65. The number of benzene rings is 1. The summed E-state index contributed by atoms with van der Waals surface area (Å²) in [5.41, 5.74) is 3.88. The van der Waals surface area contributed by atoms with Gasteiger partial charge in [0, 0.05) is 10.9 Å². The summed E-state index contributed by atoms with van der Waals surface area (Å²) in [6.07, 6.45) is 0. The molecule has 96 valence electrons. The maximum atomic E-state index is 5.33. The minimum Gasteiger partial charge on any atom is -0.497 e. The van der Waals surface area contributed by atoms with Crippen molar-refractivity contribution in [2.24, 2.45) is 0 Å². The number of anilines is 1. The Morgan fingerprint density at radius 1 is 1.28 bits per heavy atom. The van der Waals surface area contributed by atoms with Crippen LogP contribution in [0.25, 0.3) is 0 Å². The minimum absolute atomic E-state index is 0.749. The molecule has 0 amide bonds. The predicted octanol–water partition coefficient (Wildman–Crippen LogP) is 3.08. The molecule has 1 N–H and O–H groups in total. The van der Waals surface area contributed by atoms with Crippen molar-refractivity contribution in [3.63, 3.8) is 0 Å². The molecule has 1 heterocycles. The maximum Gasteiger partial charge on any atom is 0.145 e. The molecule has 5 heteroatoms. The molecular weight excluding hydrogens is 248 g/mol. The van der Waals surface area contributed by atoms with Gasteiger partial charge in [-0.25, -0.2) is 4.98 Å². The third kappa shape index (κ3) is 2.73. The lowest BCUT2D eigenvalue weighted by Gasteiger charge is -2.12. The molecule has 1 aromatic heterocycles. The Hall–Kier alpha value is -1.75. The van der Waals surface area contributed by atoms with Crippen molar-refractivity contribution in [2.45, 2.75) is 13.5 Å². The van der Waals surface area contributed by atoms with E-state index in [0.29, 0.717) is 0 Å². The van der Waals surface area contributed by atoms with E-state index in [1.165, 1.54) is 4.88 Å². The summed E-state index contributed by atoms with van der Waals surface area (Å²) in [4.78, 5) is 5.46. The normalized spacial score (nSPS) is 10.2. The predicted molar refractivity (Wildman–Crippen MR) is 73.7 cm³/mol. The number of aromatic nitrogens is 1. The van der Waals surface area contributed by atoms with Crippen LogP contribution in [-0.4, -0.2) is 19.2 Å². The van der Waals surface area contributed by atoms with Crippen LogP contribution in [0.15, 0.2) is 23.7 Å². The molecule has 0 radical (unpaired) electrons. The molecule has 0 aliphatic heterocycles. The average molecular weight is 264 g/mol. The zero-order chi connectivity index (χ0) is 13.0. The summed E-state index contributed by atoms with van der Waals surface area (Å²) in [6, 6.07) is 5.72. The standard InChI is InChI=1S/C13H16N2O2S/c1-9-13(18-8-15-9)7-14-11-5-4-10(16-2)6-12(11)17-3/h4-6,8,14H,7H2,1-3H3. The molecule has 0 saturated carbocycles. The fourth-order valence-corrected chi connectivity index (χ4v) is 2.33. The largest absolute Gasteiger partial charge is 0.497 e. The summed E-state index contributed by atoms with van der Waals surface area (Å²) < 4.78 is 10.5. The lowest BCUT2D eigenvalue weighted by atomic mass is 10.2. The first kappa shape index (κ1) is 12.7. The van der Waals surface area contributed by atoms with Crippen molar-refractivity contribution < 1.29 is 9.47 Å². The van der Waals surface area contributed by atoms with E-state index in [1.807, 2.05) is 30.6 Å². The Morgan fingerprint density at radius 2 is 2.11 bits per heavy atom. The van der Waals surface area contributed by atoms with E-state index in [9.17, 15) is 0 Å². The number of nitrogens with zero attached hydrogens (tertiary/aromatic N) is 1. The van der Waals surface area contributed by atoms with Crippen LogP contribution < -0.4 is 14.8 Å². The monoisotopic (exact) mass is 264 g/mol. The van der Waals surface area contributed by atoms with Gasteiger partial charge < -0.3 is 14.8 Å². The van der Waals surface area contributed by atoms with Crippen LogP contribution in [0.1, 0.15) is 10.6 Å². The lowest BCUT2D eigenvalue weighted by Crippen LogP contribution is -2.01. The number of nitrogens with one attached hydrogen (secondary N) is 1. The van der Waals surface area contributed by atoms with Crippen LogP contribution in [-0.2, 0) is 6.54 Å².